The second-order valence-electron chi connectivity index (χ2n) is 5.02. The standard InChI is InChI=1S/C15H17NO3/c1-4-10-5-7-11(8-6-10)13-16-12(9-19-13)15(2,3)14(17)18/h5-9H,4H2,1-3H3,(H,17,18). The minimum Gasteiger partial charge on any atom is -0.481 e. The Morgan fingerprint density at radius 1 is 1.32 bits per heavy atom. The van der Waals surface area contributed by atoms with E-state index in [4.69, 9.17) is 9.52 Å². The first-order chi connectivity index (χ1) is 8.95. The molecule has 1 aromatic heterocycles. The second-order valence-corrected chi connectivity index (χ2v) is 5.02. The van der Waals surface area contributed by atoms with Gasteiger partial charge in [-0.2, -0.15) is 0 Å². The lowest BCUT2D eigenvalue weighted by Gasteiger charge is -2.14. The van der Waals surface area contributed by atoms with Crippen molar-refractivity contribution in [3.8, 4) is 11.5 Å². The number of rotatable bonds is 4. The molecule has 1 aromatic carbocycles. The Hall–Kier alpha value is -2.10. The summed E-state index contributed by atoms with van der Waals surface area (Å²) in [5, 5.41) is 9.16. The third-order valence-electron chi connectivity index (χ3n) is 3.29. The number of aryl methyl sites for hydroxylation is 1. The van der Waals surface area contributed by atoms with Crippen LogP contribution in [0.25, 0.3) is 11.5 Å². The maximum Gasteiger partial charge on any atom is 0.315 e. The van der Waals surface area contributed by atoms with Crippen LogP contribution in [0.3, 0.4) is 0 Å². The van der Waals surface area contributed by atoms with Crippen molar-refractivity contribution >= 4 is 5.97 Å². The number of aliphatic carboxylic acids is 1. The van der Waals surface area contributed by atoms with Crippen molar-refractivity contribution in [2.24, 2.45) is 0 Å². The highest BCUT2D eigenvalue weighted by Crippen LogP contribution is 2.26. The third kappa shape index (κ3) is 2.52. The van der Waals surface area contributed by atoms with E-state index >= 15 is 0 Å². The molecule has 0 bridgehead atoms. The number of carboxylic acids is 1. The molecule has 4 nitrogen and oxygen atoms in total. The minimum absolute atomic E-state index is 0.426. The third-order valence-corrected chi connectivity index (χ3v) is 3.29. The van der Waals surface area contributed by atoms with Gasteiger partial charge in [-0.3, -0.25) is 4.79 Å². The lowest BCUT2D eigenvalue weighted by molar-refractivity contribution is -0.142. The van der Waals surface area contributed by atoms with E-state index in [-0.39, 0.29) is 0 Å². The van der Waals surface area contributed by atoms with Crippen molar-refractivity contribution in [3.05, 3.63) is 41.8 Å². The highest BCUT2D eigenvalue weighted by Gasteiger charge is 2.33. The molecule has 19 heavy (non-hydrogen) atoms. The number of benzene rings is 1. The number of hydrogen-bond acceptors (Lipinski definition) is 3. The number of carboxylic acid groups (broad SMARTS) is 1. The van der Waals surface area contributed by atoms with Crippen LogP contribution in [0.1, 0.15) is 32.0 Å². The van der Waals surface area contributed by atoms with E-state index in [0.717, 1.165) is 12.0 Å². The summed E-state index contributed by atoms with van der Waals surface area (Å²) < 4.78 is 5.39. The normalized spacial score (nSPS) is 11.5. The summed E-state index contributed by atoms with van der Waals surface area (Å²) in [4.78, 5) is 15.5. The molecule has 100 valence electrons. The summed E-state index contributed by atoms with van der Waals surface area (Å²) in [6, 6.07) is 7.90. The van der Waals surface area contributed by atoms with Gasteiger partial charge < -0.3 is 9.52 Å². The van der Waals surface area contributed by atoms with Crippen LogP contribution in [0.5, 0.6) is 0 Å². The van der Waals surface area contributed by atoms with E-state index in [2.05, 4.69) is 11.9 Å². The predicted octanol–water partition coefficient (Wildman–Crippen LogP) is 3.27. The van der Waals surface area contributed by atoms with Crippen molar-refractivity contribution in [2.45, 2.75) is 32.6 Å². The summed E-state index contributed by atoms with van der Waals surface area (Å²) in [7, 11) is 0. The molecular formula is C15H17NO3. The molecule has 0 spiro atoms. The van der Waals surface area contributed by atoms with E-state index in [1.165, 1.54) is 11.8 Å². The summed E-state index contributed by atoms with van der Waals surface area (Å²) >= 11 is 0. The first-order valence-electron chi connectivity index (χ1n) is 6.24. The SMILES string of the molecule is CCc1ccc(-c2nc(C(C)(C)C(=O)O)co2)cc1. The first kappa shape index (κ1) is 13.3. The average molecular weight is 259 g/mol. The van der Waals surface area contributed by atoms with Gasteiger partial charge in [0, 0.05) is 5.56 Å². The van der Waals surface area contributed by atoms with Gasteiger partial charge in [0.1, 0.15) is 11.7 Å². The zero-order chi connectivity index (χ0) is 14.0. The molecule has 0 fully saturated rings. The van der Waals surface area contributed by atoms with Gasteiger partial charge in [-0.25, -0.2) is 4.98 Å². The monoisotopic (exact) mass is 259 g/mol. The molecule has 4 heteroatoms. The van der Waals surface area contributed by atoms with Crippen LogP contribution in [-0.2, 0) is 16.6 Å². The van der Waals surface area contributed by atoms with Crippen LogP contribution in [0.2, 0.25) is 0 Å². The van der Waals surface area contributed by atoms with Gasteiger partial charge in [0.05, 0.1) is 5.69 Å². The summed E-state index contributed by atoms with van der Waals surface area (Å²) in [6.07, 6.45) is 2.39. The number of nitrogens with zero attached hydrogens (tertiary/aromatic N) is 1. The number of aromatic nitrogens is 1. The molecule has 2 aromatic rings. The number of oxazole rings is 1. The van der Waals surface area contributed by atoms with E-state index in [1.54, 1.807) is 13.8 Å². The quantitative estimate of drug-likeness (QED) is 0.915. The molecular weight excluding hydrogens is 242 g/mol. The molecule has 0 amide bonds. The Balaban J connectivity index is 2.32. The molecule has 1 N–H and O–H groups in total. The Bertz CT molecular complexity index is 582. The smallest absolute Gasteiger partial charge is 0.315 e. The second kappa shape index (κ2) is 4.88. The number of carbonyl (C=O) groups is 1. The fraction of sp³-hybridized carbons (Fsp3) is 0.333. The van der Waals surface area contributed by atoms with Crippen LogP contribution < -0.4 is 0 Å². The fourth-order valence-corrected chi connectivity index (χ4v) is 1.69. The molecule has 0 aliphatic carbocycles. The topological polar surface area (TPSA) is 63.3 Å². The molecule has 2 rings (SSSR count). The highest BCUT2D eigenvalue weighted by atomic mass is 16.4. The summed E-state index contributed by atoms with van der Waals surface area (Å²) in [5.74, 6) is -0.472. The van der Waals surface area contributed by atoms with Crippen LogP contribution in [0.4, 0.5) is 0 Å². The van der Waals surface area contributed by atoms with E-state index in [1.807, 2.05) is 24.3 Å². The Labute approximate surface area is 112 Å². The van der Waals surface area contributed by atoms with E-state index in [0.29, 0.717) is 11.6 Å². The van der Waals surface area contributed by atoms with Crippen molar-refractivity contribution in [2.75, 3.05) is 0 Å². The average Bonchev–Trinajstić information content (AvgIpc) is 2.89. The van der Waals surface area contributed by atoms with E-state index in [9.17, 15) is 4.79 Å². The molecule has 1 heterocycles. The Morgan fingerprint density at radius 2 is 1.95 bits per heavy atom. The molecule has 0 saturated carbocycles. The molecule has 0 aliphatic heterocycles. The van der Waals surface area contributed by atoms with Crippen molar-refractivity contribution in [1.29, 1.82) is 0 Å². The lowest BCUT2D eigenvalue weighted by Crippen LogP contribution is -2.28. The van der Waals surface area contributed by atoms with Gasteiger partial charge in [0.25, 0.3) is 0 Å². The summed E-state index contributed by atoms with van der Waals surface area (Å²) in [6.45, 7) is 5.31. The molecule has 0 radical (unpaired) electrons. The zero-order valence-corrected chi connectivity index (χ0v) is 11.3. The largest absolute Gasteiger partial charge is 0.481 e. The Morgan fingerprint density at radius 3 is 2.47 bits per heavy atom. The van der Waals surface area contributed by atoms with E-state index < -0.39 is 11.4 Å². The summed E-state index contributed by atoms with van der Waals surface area (Å²) in [5.41, 5.74) is 1.46. The maximum atomic E-state index is 11.2. The van der Waals surface area contributed by atoms with Gasteiger partial charge in [0.15, 0.2) is 0 Å². The van der Waals surface area contributed by atoms with Gasteiger partial charge in [-0.15, -0.1) is 0 Å². The van der Waals surface area contributed by atoms with Crippen LogP contribution in [0, 0.1) is 0 Å². The number of hydrogen-bond donors (Lipinski definition) is 1. The predicted molar refractivity (Wildman–Crippen MR) is 72.0 cm³/mol. The lowest BCUT2D eigenvalue weighted by atomic mass is 9.90. The molecule has 0 atom stereocenters. The van der Waals surface area contributed by atoms with Crippen molar-refractivity contribution in [1.82, 2.24) is 4.98 Å². The van der Waals surface area contributed by atoms with Gasteiger partial charge in [-0.1, -0.05) is 19.1 Å². The maximum absolute atomic E-state index is 11.2. The van der Waals surface area contributed by atoms with Gasteiger partial charge in [0.2, 0.25) is 5.89 Å². The van der Waals surface area contributed by atoms with Crippen LogP contribution in [-0.4, -0.2) is 16.1 Å². The molecule has 0 saturated heterocycles. The minimum atomic E-state index is -1.05. The van der Waals surface area contributed by atoms with Crippen LogP contribution >= 0.6 is 0 Å². The molecule has 0 unspecified atom stereocenters. The Kier molecular flexibility index (Phi) is 3.42. The zero-order valence-electron chi connectivity index (χ0n) is 11.3. The highest BCUT2D eigenvalue weighted by molar-refractivity contribution is 5.79. The van der Waals surface area contributed by atoms with Crippen LogP contribution in [0.15, 0.2) is 34.9 Å². The van der Waals surface area contributed by atoms with Crippen molar-refractivity contribution < 1.29 is 14.3 Å². The molecule has 0 aliphatic rings. The first-order valence-corrected chi connectivity index (χ1v) is 6.24. The fourth-order valence-electron chi connectivity index (χ4n) is 1.69. The van der Waals surface area contributed by atoms with Gasteiger partial charge in [-0.05, 0) is 38.0 Å². The van der Waals surface area contributed by atoms with Gasteiger partial charge >= 0.3 is 5.97 Å². The van der Waals surface area contributed by atoms with Crippen molar-refractivity contribution in [3.63, 3.8) is 0 Å².